The van der Waals surface area contributed by atoms with E-state index in [0.717, 1.165) is 18.5 Å². The summed E-state index contributed by atoms with van der Waals surface area (Å²) in [7, 11) is 0. The fourth-order valence-corrected chi connectivity index (χ4v) is 4.03. The monoisotopic (exact) mass is 252 g/mol. The van der Waals surface area contributed by atoms with Crippen molar-refractivity contribution in [2.45, 2.75) is 65.3 Å². The van der Waals surface area contributed by atoms with Gasteiger partial charge in [-0.15, -0.1) is 0 Å². The second-order valence-corrected chi connectivity index (χ2v) is 7.04. The molecule has 0 aromatic carbocycles. The van der Waals surface area contributed by atoms with E-state index in [0.29, 0.717) is 5.41 Å². The highest BCUT2D eigenvalue weighted by atomic mass is 15.1. The van der Waals surface area contributed by atoms with Crippen LogP contribution in [-0.2, 0) is 0 Å². The molecule has 2 rings (SSSR count). The Kier molecular flexibility index (Phi) is 5.08. The molecule has 0 radical (unpaired) electrons. The molecule has 2 heteroatoms. The van der Waals surface area contributed by atoms with Gasteiger partial charge in [-0.1, -0.05) is 33.6 Å². The Hall–Kier alpha value is -0.0800. The first-order valence-corrected chi connectivity index (χ1v) is 8.09. The molecular weight excluding hydrogens is 220 g/mol. The lowest BCUT2D eigenvalue weighted by Crippen LogP contribution is -2.45. The van der Waals surface area contributed by atoms with Gasteiger partial charge in [0.2, 0.25) is 0 Å². The molecule has 1 saturated heterocycles. The number of rotatable bonds is 4. The van der Waals surface area contributed by atoms with Crippen LogP contribution in [0.3, 0.4) is 0 Å². The Balaban J connectivity index is 1.90. The van der Waals surface area contributed by atoms with E-state index in [2.05, 4.69) is 31.0 Å². The summed E-state index contributed by atoms with van der Waals surface area (Å²) in [5.41, 5.74) is 0.493. The third-order valence-corrected chi connectivity index (χ3v) is 5.09. The molecule has 1 saturated carbocycles. The molecule has 1 aliphatic carbocycles. The van der Waals surface area contributed by atoms with Crippen molar-refractivity contribution >= 4 is 0 Å². The van der Waals surface area contributed by atoms with Gasteiger partial charge in [0, 0.05) is 12.6 Å². The van der Waals surface area contributed by atoms with Crippen LogP contribution in [0.1, 0.15) is 59.3 Å². The molecule has 2 nitrogen and oxygen atoms in total. The highest BCUT2D eigenvalue weighted by Gasteiger charge is 2.41. The van der Waals surface area contributed by atoms with Gasteiger partial charge < -0.3 is 10.2 Å². The Bertz CT molecular complexity index is 241. The first-order valence-electron chi connectivity index (χ1n) is 8.09. The number of likely N-dealkylation sites (tertiary alicyclic amines) is 1. The molecule has 2 atom stereocenters. The summed E-state index contributed by atoms with van der Waals surface area (Å²) in [6, 6.07) is 0.728. The zero-order chi connectivity index (χ0) is 13.0. The third kappa shape index (κ3) is 3.48. The highest BCUT2D eigenvalue weighted by Crippen LogP contribution is 2.41. The Morgan fingerprint density at radius 1 is 1.11 bits per heavy atom. The van der Waals surface area contributed by atoms with Crippen molar-refractivity contribution in [2.24, 2.45) is 11.3 Å². The van der Waals surface area contributed by atoms with Crippen molar-refractivity contribution in [1.82, 2.24) is 10.2 Å². The van der Waals surface area contributed by atoms with Crippen molar-refractivity contribution in [1.29, 1.82) is 0 Å². The van der Waals surface area contributed by atoms with Crippen molar-refractivity contribution in [2.75, 3.05) is 26.2 Å². The number of nitrogens with zero attached hydrogens (tertiary/aromatic N) is 1. The van der Waals surface area contributed by atoms with Gasteiger partial charge in [-0.25, -0.2) is 0 Å². The second-order valence-electron chi connectivity index (χ2n) is 7.04. The maximum atomic E-state index is 3.76. The second kappa shape index (κ2) is 6.38. The van der Waals surface area contributed by atoms with Gasteiger partial charge >= 0.3 is 0 Å². The van der Waals surface area contributed by atoms with Gasteiger partial charge in [0.25, 0.3) is 0 Å². The van der Waals surface area contributed by atoms with Gasteiger partial charge in [-0.2, -0.15) is 0 Å². The van der Waals surface area contributed by atoms with E-state index in [9.17, 15) is 0 Å². The molecular formula is C16H32N2. The van der Waals surface area contributed by atoms with Gasteiger partial charge in [0.15, 0.2) is 0 Å². The molecule has 18 heavy (non-hydrogen) atoms. The van der Waals surface area contributed by atoms with Crippen LogP contribution in [-0.4, -0.2) is 37.1 Å². The van der Waals surface area contributed by atoms with E-state index in [1.54, 1.807) is 0 Å². The predicted molar refractivity (Wildman–Crippen MR) is 78.9 cm³/mol. The Morgan fingerprint density at radius 2 is 1.78 bits per heavy atom. The van der Waals surface area contributed by atoms with Crippen LogP contribution >= 0.6 is 0 Å². The van der Waals surface area contributed by atoms with Gasteiger partial charge in [0.1, 0.15) is 0 Å². The molecule has 1 aliphatic heterocycles. The van der Waals surface area contributed by atoms with Crippen molar-refractivity contribution < 1.29 is 0 Å². The SMILES string of the molecule is CCNC1C(CN2CCCCCC2)CCC1(C)C. The van der Waals surface area contributed by atoms with Crippen LogP contribution < -0.4 is 5.32 Å². The first kappa shape index (κ1) is 14.3. The molecule has 1 N–H and O–H groups in total. The minimum Gasteiger partial charge on any atom is -0.313 e. The summed E-state index contributed by atoms with van der Waals surface area (Å²) in [5.74, 6) is 0.873. The van der Waals surface area contributed by atoms with Gasteiger partial charge in [-0.3, -0.25) is 0 Å². The molecule has 106 valence electrons. The summed E-state index contributed by atoms with van der Waals surface area (Å²) in [6.45, 7) is 12.3. The summed E-state index contributed by atoms with van der Waals surface area (Å²) in [6.07, 6.45) is 8.54. The summed E-state index contributed by atoms with van der Waals surface area (Å²) in [5, 5.41) is 3.76. The van der Waals surface area contributed by atoms with Crippen LogP contribution in [0.5, 0.6) is 0 Å². The smallest absolute Gasteiger partial charge is 0.0159 e. The van der Waals surface area contributed by atoms with Gasteiger partial charge in [0.05, 0.1) is 0 Å². The average Bonchev–Trinajstić information content (AvgIpc) is 2.56. The van der Waals surface area contributed by atoms with Crippen LogP contribution in [0.25, 0.3) is 0 Å². The van der Waals surface area contributed by atoms with Crippen molar-refractivity contribution in [3.8, 4) is 0 Å². The van der Waals surface area contributed by atoms with E-state index in [-0.39, 0.29) is 0 Å². The van der Waals surface area contributed by atoms with E-state index in [1.165, 1.54) is 58.2 Å². The van der Waals surface area contributed by atoms with Crippen LogP contribution in [0.4, 0.5) is 0 Å². The standard InChI is InChI=1S/C16H32N2/c1-4-17-15-14(9-10-16(15,2)3)13-18-11-7-5-6-8-12-18/h14-15,17H,4-13H2,1-3H3. The third-order valence-electron chi connectivity index (χ3n) is 5.09. The molecule has 0 aromatic heterocycles. The van der Waals surface area contributed by atoms with Crippen LogP contribution in [0, 0.1) is 11.3 Å². The largest absolute Gasteiger partial charge is 0.313 e. The van der Waals surface area contributed by atoms with E-state index in [1.807, 2.05) is 0 Å². The fourth-order valence-electron chi connectivity index (χ4n) is 4.03. The Morgan fingerprint density at radius 3 is 2.39 bits per heavy atom. The number of nitrogens with one attached hydrogen (secondary N) is 1. The lowest BCUT2D eigenvalue weighted by Gasteiger charge is -2.34. The molecule has 2 unspecified atom stereocenters. The highest BCUT2D eigenvalue weighted by molar-refractivity contribution is 4.97. The quantitative estimate of drug-likeness (QED) is 0.826. The lowest BCUT2D eigenvalue weighted by molar-refractivity contribution is 0.188. The first-order chi connectivity index (χ1) is 8.63. The lowest BCUT2D eigenvalue weighted by atomic mass is 9.84. The predicted octanol–water partition coefficient (Wildman–Crippen LogP) is 3.28. The van der Waals surface area contributed by atoms with E-state index < -0.39 is 0 Å². The minimum atomic E-state index is 0.493. The van der Waals surface area contributed by atoms with Crippen molar-refractivity contribution in [3.63, 3.8) is 0 Å². The van der Waals surface area contributed by atoms with Crippen LogP contribution in [0.2, 0.25) is 0 Å². The molecule has 2 aliphatic rings. The zero-order valence-corrected chi connectivity index (χ0v) is 12.7. The van der Waals surface area contributed by atoms with Gasteiger partial charge in [-0.05, 0) is 56.7 Å². The van der Waals surface area contributed by atoms with E-state index in [4.69, 9.17) is 0 Å². The van der Waals surface area contributed by atoms with Crippen LogP contribution in [0.15, 0.2) is 0 Å². The minimum absolute atomic E-state index is 0.493. The number of hydrogen-bond acceptors (Lipinski definition) is 2. The van der Waals surface area contributed by atoms with E-state index >= 15 is 0 Å². The maximum absolute atomic E-state index is 3.76. The zero-order valence-electron chi connectivity index (χ0n) is 12.7. The fraction of sp³-hybridized carbons (Fsp3) is 1.00. The van der Waals surface area contributed by atoms with Crippen molar-refractivity contribution in [3.05, 3.63) is 0 Å². The molecule has 0 amide bonds. The summed E-state index contributed by atoms with van der Waals surface area (Å²) in [4.78, 5) is 2.74. The molecule has 0 bridgehead atoms. The Labute approximate surface area is 114 Å². The average molecular weight is 252 g/mol. The molecule has 2 fully saturated rings. The topological polar surface area (TPSA) is 15.3 Å². The summed E-state index contributed by atoms with van der Waals surface area (Å²) < 4.78 is 0. The molecule has 0 aromatic rings. The maximum Gasteiger partial charge on any atom is 0.0159 e. The molecule has 1 heterocycles. The summed E-state index contributed by atoms with van der Waals surface area (Å²) >= 11 is 0. The molecule has 0 spiro atoms. The number of hydrogen-bond donors (Lipinski definition) is 1. The normalized spacial score (nSPS) is 33.5.